The maximum absolute atomic E-state index is 10.4. The summed E-state index contributed by atoms with van der Waals surface area (Å²) in [5, 5.41) is 11.4. The van der Waals surface area contributed by atoms with Crippen LogP contribution in [-0.2, 0) is 6.42 Å². The molecule has 0 saturated heterocycles. The van der Waals surface area contributed by atoms with Crippen LogP contribution in [0.5, 0.6) is 0 Å². The lowest BCUT2D eigenvalue weighted by atomic mass is 9.89. The number of H-pyrrole nitrogens is 1. The molecule has 1 aliphatic rings. The van der Waals surface area contributed by atoms with Gasteiger partial charge in [-0.1, -0.05) is 72.3 Å². The number of fused-ring (bicyclic) bond motifs is 4. The highest BCUT2D eigenvalue weighted by Gasteiger charge is 2.29. The van der Waals surface area contributed by atoms with Gasteiger partial charge in [-0.05, 0) is 29.7 Å². The van der Waals surface area contributed by atoms with Gasteiger partial charge in [-0.15, -0.1) is 0 Å². The van der Waals surface area contributed by atoms with Crippen molar-refractivity contribution in [3.63, 3.8) is 0 Å². The first-order chi connectivity index (χ1) is 15.2. The van der Waals surface area contributed by atoms with Gasteiger partial charge in [-0.25, -0.2) is 0 Å². The summed E-state index contributed by atoms with van der Waals surface area (Å²) in [5.41, 5.74) is 11.2. The van der Waals surface area contributed by atoms with E-state index >= 15 is 0 Å². The van der Waals surface area contributed by atoms with Crippen molar-refractivity contribution >= 4 is 10.9 Å². The molecule has 0 unspecified atom stereocenters. The first-order valence-electron chi connectivity index (χ1n) is 10.4. The molecule has 1 aliphatic carbocycles. The molecule has 0 atom stereocenters. The molecule has 0 fully saturated rings. The molecule has 2 aromatic heterocycles. The van der Waals surface area contributed by atoms with Crippen LogP contribution in [0.1, 0.15) is 22.4 Å². The summed E-state index contributed by atoms with van der Waals surface area (Å²) in [4.78, 5) is 8.43. The molecule has 0 bridgehead atoms. The van der Waals surface area contributed by atoms with Gasteiger partial charge in [0.1, 0.15) is 6.07 Å². The van der Waals surface area contributed by atoms with Crippen molar-refractivity contribution in [2.45, 2.75) is 13.3 Å². The minimum atomic E-state index is 0.629. The standard InChI is InChI=1S/C28H19N3/c1-17-10-12-18(13-11-17)26-22(15-29)28(23-16-30-24-9-5-4-8-21(23)24)31-25-14-19-6-2-3-7-20(19)27(25)26/h2-13,16,30H,14H2,1H3. The average Bonchev–Trinajstić information content (AvgIpc) is 3.39. The van der Waals surface area contributed by atoms with E-state index in [1.54, 1.807) is 0 Å². The summed E-state index contributed by atoms with van der Waals surface area (Å²) < 4.78 is 0. The number of nitrogens with zero attached hydrogens (tertiary/aromatic N) is 2. The van der Waals surface area contributed by atoms with Crippen LogP contribution in [0.15, 0.2) is 79.0 Å². The second-order valence-corrected chi connectivity index (χ2v) is 8.09. The first-order valence-corrected chi connectivity index (χ1v) is 10.4. The van der Waals surface area contributed by atoms with Gasteiger partial charge in [0.15, 0.2) is 0 Å². The molecule has 6 rings (SSSR count). The fraction of sp³-hybridized carbons (Fsp3) is 0.0714. The van der Waals surface area contributed by atoms with Crippen LogP contribution in [0.4, 0.5) is 0 Å². The van der Waals surface area contributed by atoms with Crippen LogP contribution in [0, 0.1) is 18.3 Å². The predicted molar refractivity (Wildman–Crippen MR) is 125 cm³/mol. The van der Waals surface area contributed by atoms with Crippen LogP contribution in [-0.4, -0.2) is 9.97 Å². The number of hydrogen-bond donors (Lipinski definition) is 1. The number of hydrogen-bond acceptors (Lipinski definition) is 2. The number of aromatic amines is 1. The van der Waals surface area contributed by atoms with E-state index in [4.69, 9.17) is 4.98 Å². The predicted octanol–water partition coefficient (Wildman–Crippen LogP) is 6.65. The van der Waals surface area contributed by atoms with Crippen LogP contribution in [0.25, 0.3) is 44.4 Å². The fourth-order valence-electron chi connectivity index (χ4n) is 4.73. The van der Waals surface area contributed by atoms with E-state index in [2.05, 4.69) is 78.6 Å². The summed E-state index contributed by atoms with van der Waals surface area (Å²) in [6.45, 7) is 2.08. The molecule has 3 nitrogen and oxygen atoms in total. The van der Waals surface area contributed by atoms with Crippen molar-refractivity contribution in [2.24, 2.45) is 0 Å². The maximum atomic E-state index is 10.4. The lowest BCUT2D eigenvalue weighted by molar-refractivity contribution is 1.12. The van der Waals surface area contributed by atoms with Crippen molar-refractivity contribution < 1.29 is 0 Å². The van der Waals surface area contributed by atoms with Crippen LogP contribution in [0.2, 0.25) is 0 Å². The first kappa shape index (κ1) is 17.7. The minimum Gasteiger partial charge on any atom is -0.360 e. The van der Waals surface area contributed by atoms with E-state index in [1.165, 1.54) is 16.7 Å². The monoisotopic (exact) mass is 397 g/mol. The Balaban J connectivity index is 1.73. The van der Waals surface area contributed by atoms with Gasteiger partial charge in [0.2, 0.25) is 0 Å². The Morgan fingerprint density at radius 2 is 1.65 bits per heavy atom. The SMILES string of the molecule is Cc1ccc(-c2c(C#N)c(-c3c[nH]c4ccccc34)nc3c2-c2ccccc2C3)cc1. The molecule has 1 N–H and O–H groups in total. The number of nitrogens with one attached hydrogen (secondary N) is 1. The van der Waals surface area contributed by atoms with Crippen molar-refractivity contribution in [1.82, 2.24) is 9.97 Å². The Bertz CT molecular complexity index is 1510. The van der Waals surface area contributed by atoms with Gasteiger partial charge in [-0.2, -0.15) is 5.26 Å². The van der Waals surface area contributed by atoms with Gasteiger partial charge in [0, 0.05) is 40.2 Å². The molecule has 0 amide bonds. The number of benzene rings is 3. The van der Waals surface area contributed by atoms with E-state index in [9.17, 15) is 5.26 Å². The molecule has 0 saturated carbocycles. The topological polar surface area (TPSA) is 52.5 Å². The van der Waals surface area contributed by atoms with Crippen molar-refractivity contribution in [3.05, 3.63) is 101 Å². The Labute approximate surface area is 180 Å². The van der Waals surface area contributed by atoms with Crippen molar-refractivity contribution in [1.29, 1.82) is 5.26 Å². The third-order valence-electron chi connectivity index (χ3n) is 6.21. The van der Waals surface area contributed by atoms with Gasteiger partial charge in [0.05, 0.1) is 17.0 Å². The van der Waals surface area contributed by atoms with Crippen LogP contribution >= 0.6 is 0 Å². The van der Waals surface area contributed by atoms with Gasteiger partial charge in [0.25, 0.3) is 0 Å². The summed E-state index contributed by atoms with van der Waals surface area (Å²) >= 11 is 0. The molecular formula is C28H19N3. The molecule has 3 aromatic carbocycles. The largest absolute Gasteiger partial charge is 0.360 e. The van der Waals surface area contributed by atoms with Gasteiger partial charge >= 0.3 is 0 Å². The Morgan fingerprint density at radius 1 is 0.871 bits per heavy atom. The van der Waals surface area contributed by atoms with E-state index in [-0.39, 0.29) is 0 Å². The molecule has 0 aliphatic heterocycles. The zero-order chi connectivity index (χ0) is 20.9. The van der Waals surface area contributed by atoms with Crippen LogP contribution in [0.3, 0.4) is 0 Å². The average molecular weight is 397 g/mol. The molecule has 31 heavy (non-hydrogen) atoms. The molecule has 3 heteroatoms. The fourth-order valence-corrected chi connectivity index (χ4v) is 4.73. The number of para-hydroxylation sites is 1. The second kappa shape index (κ2) is 6.68. The number of aryl methyl sites for hydroxylation is 1. The molecule has 2 heterocycles. The van der Waals surface area contributed by atoms with E-state index in [1.807, 2.05) is 18.3 Å². The highest BCUT2D eigenvalue weighted by Crippen LogP contribution is 2.46. The van der Waals surface area contributed by atoms with E-state index < -0.39 is 0 Å². The molecule has 146 valence electrons. The summed E-state index contributed by atoms with van der Waals surface area (Å²) in [5.74, 6) is 0. The highest BCUT2D eigenvalue weighted by molar-refractivity contribution is 6.01. The number of pyridine rings is 1. The van der Waals surface area contributed by atoms with Crippen LogP contribution < -0.4 is 0 Å². The third-order valence-corrected chi connectivity index (χ3v) is 6.21. The quantitative estimate of drug-likeness (QED) is 0.356. The second-order valence-electron chi connectivity index (χ2n) is 8.09. The smallest absolute Gasteiger partial charge is 0.102 e. The number of rotatable bonds is 2. The van der Waals surface area contributed by atoms with Gasteiger partial charge in [-0.3, -0.25) is 4.98 Å². The van der Waals surface area contributed by atoms with E-state index in [0.717, 1.165) is 51.0 Å². The summed E-state index contributed by atoms with van der Waals surface area (Å²) in [7, 11) is 0. The zero-order valence-electron chi connectivity index (χ0n) is 17.1. The van der Waals surface area contributed by atoms with E-state index in [0.29, 0.717) is 5.56 Å². The molecule has 0 radical (unpaired) electrons. The van der Waals surface area contributed by atoms with Gasteiger partial charge < -0.3 is 4.98 Å². The zero-order valence-corrected chi connectivity index (χ0v) is 17.1. The Morgan fingerprint density at radius 3 is 2.48 bits per heavy atom. The minimum absolute atomic E-state index is 0.629. The maximum Gasteiger partial charge on any atom is 0.102 e. The number of aromatic nitrogens is 2. The normalized spacial score (nSPS) is 11.9. The molecular weight excluding hydrogens is 378 g/mol. The summed E-state index contributed by atoms with van der Waals surface area (Å²) in [6, 6.07) is 27.6. The highest BCUT2D eigenvalue weighted by atomic mass is 14.8. The molecule has 0 spiro atoms. The third kappa shape index (κ3) is 2.62. The molecule has 5 aromatic rings. The van der Waals surface area contributed by atoms with Crippen molar-refractivity contribution in [2.75, 3.05) is 0 Å². The Kier molecular flexibility index (Phi) is 3.81. The van der Waals surface area contributed by atoms with Crippen molar-refractivity contribution in [3.8, 4) is 39.6 Å². The lowest BCUT2D eigenvalue weighted by Crippen LogP contribution is -2.00. The number of nitriles is 1. The Hall–Kier alpha value is -4.16. The lowest BCUT2D eigenvalue weighted by Gasteiger charge is -2.15. The summed E-state index contributed by atoms with van der Waals surface area (Å²) in [6.07, 6.45) is 2.76.